The van der Waals surface area contributed by atoms with E-state index in [9.17, 15) is 9.59 Å². The van der Waals surface area contributed by atoms with Crippen LogP contribution < -0.4 is 16.0 Å². The molecule has 1 aromatic heterocycles. The van der Waals surface area contributed by atoms with Gasteiger partial charge in [0, 0.05) is 52.7 Å². The van der Waals surface area contributed by atoms with E-state index in [4.69, 9.17) is 4.42 Å². The molecule has 0 bridgehead atoms. The number of nitrogens with one attached hydrogen (secondary N) is 3. The van der Waals surface area contributed by atoms with Crippen LogP contribution in [-0.4, -0.2) is 87.0 Å². The lowest BCUT2D eigenvalue weighted by molar-refractivity contribution is -0.127. The van der Waals surface area contributed by atoms with Crippen LogP contribution in [0.25, 0.3) is 0 Å². The minimum atomic E-state index is -0.0463. The number of aliphatic imine (C=N–C) groups is 1. The molecule has 176 valence electrons. The van der Waals surface area contributed by atoms with Crippen LogP contribution in [0.5, 0.6) is 0 Å². The normalized spacial score (nSPS) is 15.1. The van der Waals surface area contributed by atoms with Crippen molar-refractivity contribution in [3.8, 4) is 0 Å². The second-order valence-corrected chi connectivity index (χ2v) is 7.75. The Morgan fingerprint density at radius 3 is 2.58 bits per heavy atom. The molecular weight excluding hydrogens is 511 g/mol. The molecule has 10 heteroatoms. The number of halogens is 1. The average molecular weight is 548 g/mol. The first-order chi connectivity index (χ1) is 14.5. The van der Waals surface area contributed by atoms with E-state index in [-0.39, 0.29) is 48.4 Å². The Morgan fingerprint density at radius 1 is 1.23 bits per heavy atom. The lowest BCUT2D eigenvalue weighted by Gasteiger charge is -2.32. The summed E-state index contributed by atoms with van der Waals surface area (Å²) in [4.78, 5) is 32.0. The Kier molecular flexibility index (Phi) is 13.2. The molecule has 9 nitrogen and oxygen atoms in total. The molecule has 0 radical (unpaired) electrons. The van der Waals surface area contributed by atoms with Crippen LogP contribution in [0.4, 0.5) is 0 Å². The van der Waals surface area contributed by atoms with E-state index in [1.54, 1.807) is 20.4 Å². The van der Waals surface area contributed by atoms with Crippen molar-refractivity contribution >= 4 is 41.8 Å². The van der Waals surface area contributed by atoms with Gasteiger partial charge in [-0.25, -0.2) is 4.99 Å². The van der Waals surface area contributed by atoms with Crippen LogP contribution in [0.2, 0.25) is 0 Å². The van der Waals surface area contributed by atoms with Crippen molar-refractivity contribution in [3.63, 3.8) is 0 Å². The predicted octanol–water partition coefficient (Wildman–Crippen LogP) is 1.05. The highest BCUT2D eigenvalue weighted by Gasteiger charge is 2.21. The standard InChI is InChI=1S/C21H36N6O3.HI/c1-4-10-22-19(28)16-27-12-8-17(9-13-27)25-21(24-15-20(29)26(2)3)23-11-7-18-6-5-14-30-18;/h5-6,14,17H,4,7-13,15-16H2,1-3H3,(H,22,28)(H2,23,24,25);1H. The van der Waals surface area contributed by atoms with Crippen molar-refractivity contribution in [1.82, 2.24) is 25.8 Å². The molecule has 0 aliphatic carbocycles. The highest BCUT2D eigenvalue weighted by molar-refractivity contribution is 14.0. The fourth-order valence-electron chi connectivity index (χ4n) is 3.15. The molecule has 1 aliphatic heterocycles. The zero-order valence-electron chi connectivity index (χ0n) is 18.9. The van der Waals surface area contributed by atoms with Crippen molar-refractivity contribution in [3.05, 3.63) is 24.2 Å². The van der Waals surface area contributed by atoms with Crippen molar-refractivity contribution in [2.24, 2.45) is 4.99 Å². The lowest BCUT2D eigenvalue weighted by atomic mass is 10.1. The Balaban J connectivity index is 0.00000480. The van der Waals surface area contributed by atoms with Gasteiger partial charge in [-0.1, -0.05) is 6.92 Å². The number of rotatable bonds is 10. The Hall–Kier alpha value is -1.82. The lowest BCUT2D eigenvalue weighted by Crippen LogP contribution is -2.50. The SMILES string of the molecule is CCCNC(=O)CN1CCC(NC(=NCC(=O)N(C)C)NCCc2ccco2)CC1.I. The number of hydrogen-bond acceptors (Lipinski definition) is 5. The van der Waals surface area contributed by atoms with E-state index < -0.39 is 0 Å². The molecule has 2 heterocycles. The van der Waals surface area contributed by atoms with Gasteiger partial charge in [0.15, 0.2) is 5.96 Å². The maximum Gasteiger partial charge on any atom is 0.243 e. The quantitative estimate of drug-likeness (QED) is 0.230. The van der Waals surface area contributed by atoms with Gasteiger partial charge in [0.2, 0.25) is 11.8 Å². The summed E-state index contributed by atoms with van der Waals surface area (Å²) in [5.41, 5.74) is 0. The van der Waals surface area contributed by atoms with Gasteiger partial charge in [0.05, 0.1) is 12.8 Å². The van der Waals surface area contributed by atoms with Gasteiger partial charge in [0.25, 0.3) is 0 Å². The molecular formula is C21H37IN6O3. The number of amides is 2. The zero-order chi connectivity index (χ0) is 21.8. The third kappa shape index (κ3) is 10.9. The topological polar surface area (TPSA) is 102 Å². The molecule has 0 atom stereocenters. The molecule has 1 aromatic rings. The minimum absolute atomic E-state index is 0. The van der Waals surface area contributed by atoms with Gasteiger partial charge < -0.3 is 25.3 Å². The molecule has 2 amide bonds. The summed E-state index contributed by atoms with van der Waals surface area (Å²) in [6.45, 7) is 5.69. The summed E-state index contributed by atoms with van der Waals surface area (Å²) < 4.78 is 5.36. The molecule has 0 aromatic carbocycles. The second-order valence-electron chi connectivity index (χ2n) is 7.75. The highest BCUT2D eigenvalue weighted by atomic mass is 127. The van der Waals surface area contributed by atoms with Crippen molar-refractivity contribution in [2.75, 3.05) is 53.4 Å². The largest absolute Gasteiger partial charge is 0.469 e. The fourth-order valence-corrected chi connectivity index (χ4v) is 3.15. The van der Waals surface area contributed by atoms with E-state index in [1.807, 2.05) is 19.1 Å². The molecule has 0 spiro atoms. The summed E-state index contributed by atoms with van der Waals surface area (Å²) >= 11 is 0. The summed E-state index contributed by atoms with van der Waals surface area (Å²) in [6, 6.07) is 4.06. The number of nitrogens with zero attached hydrogens (tertiary/aromatic N) is 3. The summed E-state index contributed by atoms with van der Waals surface area (Å²) in [7, 11) is 3.45. The Labute approximate surface area is 202 Å². The molecule has 2 rings (SSSR count). The van der Waals surface area contributed by atoms with Gasteiger partial charge in [-0.05, 0) is 31.4 Å². The predicted molar refractivity (Wildman–Crippen MR) is 133 cm³/mol. The maximum absolute atomic E-state index is 11.9. The van der Waals surface area contributed by atoms with E-state index >= 15 is 0 Å². The Morgan fingerprint density at radius 2 is 1.97 bits per heavy atom. The van der Waals surface area contributed by atoms with E-state index in [0.717, 1.165) is 51.1 Å². The van der Waals surface area contributed by atoms with Crippen LogP contribution in [0.1, 0.15) is 31.9 Å². The van der Waals surface area contributed by atoms with E-state index in [1.165, 1.54) is 4.90 Å². The number of hydrogen-bond donors (Lipinski definition) is 3. The van der Waals surface area contributed by atoms with Gasteiger partial charge in [0.1, 0.15) is 12.3 Å². The number of carbonyl (C=O) groups is 2. The van der Waals surface area contributed by atoms with Crippen LogP contribution in [-0.2, 0) is 16.0 Å². The first kappa shape index (κ1) is 27.2. The van der Waals surface area contributed by atoms with E-state index in [0.29, 0.717) is 19.0 Å². The molecule has 1 saturated heterocycles. The summed E-state index contributed by atoms with van der Waals surface area (Å²) in [5.74, 6) is 1.58. The molecule has 31 heavy (non-hydrogen) atoms. The molecule has 1 fully saturated rings. The summed E-state index contributed by atoms with van der Waals surface area (Å²) in [6.07, 6.45) is 5.18. The van der Waals surface area contributed by atoms with Crippen molar-refractivity contribution < 1.29 is 14.0 Å². The molecule has 0 saturated carbocycles. The van der Waals surface area contributed by atoms with Gasteiger partial charge in [-0.3, -0.25) is 14.5 Å². The number of likely N-dealkylation sites (tertiary alicyclic amines) is 1. The summed E-state index contributed by atoms with van der Waals surface area (Å²) in [5, 5.41) is 9.67. The smallest absolute Gasteiger partial charge is 0.243 e. The third-order valence-corrected chi connectivity index (χ3v) is 4.98. The fraction of sp³-hybridized carbons (Fsp3) is 0.667. The Bertz CT molecular complexity index is 673. The maximum atomic E-state index is 11.9. The zero-order valence-corrected chi connectivity index (χ0v) is 21.2. The number of furan rings is 1. The van der Waals surface area contributed by atoms with Crippen LogP contribution in [0.15, 0.2) is 27.8 Å². The number of carbonyl (C=O) groups excluding carboxylic acids is 2. The molecule has 3 N–H and O–H groups in total. The monoisotopic (exact) mass is 548 g/mol. The first-order valence-electron chi connectivity index (χ1n) is 10.7. The second kappa shape index (κ2) is 15.1. The molecule has 1 aliphatic rings. The molecule has 0 unspecified atom stereocenters. The highest BCUT2D eigenvalue weighted by Crippen LogP contribution is 2.10. The van der Waals surface area contributed by atoms with Gasteiger partial charge in [-0.15, -0.1) is 24.0 Å². The number of piperidine rings is 1. The first-order valence-corrected chi connectivity index (χ1v) is 10.7. The van der Waals surface area contributed by atoms with Gasteiger partial charge >= 0.3 is 0 Å². The van der Waals surface area contributed by atoms with Crippen molar-refractivity contribution in [2.45, 2.75) is 38.6 Å². The number of likely N-dealkylation sites (N-methyl/N-ethyl adjacent to an activating group) is 1. The van der Waals surface area contributed by atoms with Crippen LogP contribution >= 0.6 is 24.0 Å². The van der Waals surface area contributed by atoms with Crippen molar-refractivity contribution in [1.29, 1.82) is 0 Å². The van der Waals surface area contributed by atoms with Crippen LogP contribution in [0.3, 0.4) is 0 Å². The third-order valence-electron chi connectivity index (χ3n) is 4.98. The van der Waals surface area contributed by atoms with Crippen LogP contribution in [0, 0.1) is 0 Å². The van der Waals surface area contributed by atoms with Gasteiger partial charge in [-0.2, -0.15) is 0 Å². The minimum Gasteiger partial charge on any atom is -0.469 e. The average Bonchev–Trinajstić information content (AvgIpc) is 3.24. The van der Waals surface area contributed by atoms with E-state index in [2.05, 4.69) is 25.8 Å². The number of guanidine groups is 1.